The Kier molecular flexibility index (Phi) is 3.25. The summed E-state index contributed by atoms with van der Waals surface area (Å²) in [4.78, 5) is 13.7. The normalized spacial score (nSPS) is 32.7. The van der Waals surface area contributed by atoms with Gasteiger partial charge in [0.1, 0.15) is 5.75 Å². The van der Waals surface area contributed by atoms with Crippen molar-refractivity contribution < 1.29 is 19.4 Å². The molecule has 2 aromatic rings. The van der Waals surface area contributed by atoms with E-state index in [9.17, 15) is 9.90 Å². The van der Waals surface area contributed by atoms with E-state index >= 15 is 0 Å². The van der Waals surface area contributed by atoms with Gasteiger partial charge in [-0.1, -0.05) is 30.3 Å². The highest BCUT2D eigenvalue weighted by atomic mass is 16.6. The molecule has 0 spiro atoms. The van der Waals surface area contributed by atoms with Gasteiger partial charge in [0.2, 0.25) is 0 Å². The van der Waals surface area contributed by atoms with E-state index in [-0.39, 0.29) is 30.2 Å². The Labute approximate surface area is 140 Å². The van der Waals surface area contributed by atoms with Crippen molar-refractivity contribution in [3.8, 4) is 5.75 Å². The van der Waals surface area contributed by atoms with Crippen molar-refractivity contribution in [2.24, 2.45) is 0 Å². The molecule has 0 unspecified atom stereocenters. The third-order valence-electron chi connectivity index (χ3n) is 5.55. The highest BCUT2D eigenvalue weighted by Crippen LogP contribution is 2.48. The third-order valence-corrected chi connectivity index (χ3v) is 5.55. The summed E-state index contributed by atoms with van der Waals surface area (Å²) in [6.07, 6.45) is -0.597. The SMILES string of the molecule is C[C@@H]1O[C@@H](c2c(O)ccc3ccccc23)C[C@@]2(C)[C@@H]1OC(=O)N2C. The van der Waals surface area contributed by atoms with Gasteiger partial charge in [-0.15, -0.1) is 0 Å². The summed E-state index contributed by atoms with van der Waals surface area (Å²) in [5.41, 5.74) is 0.329. The smallest absolute Gasteiger partial charge is 0.410 e. The van der Waals surface area contributed by atoms with E-state index in [2.05, 4.69) is 0 Å². The van der Waals surface area contributed by atoms with Crippen LogP contribution in [0.5, 0.6) is 5.75 Å². The average Bonchev–Trinajstić information content (AvgIpc) is 2.79. The lowest BCUT2D eigenvalue weighted by Crippen LogP contribution is -2.55. The number of amides is 1. The van der Waals surface area contributed by atoms with Crippen LogP contribution in [0.3, 0.4) is 0 Å². The standard InChI is InChI=1S/C19H21NO4/c1-11-17-19(2,20(3)18(22)24-17)10-15(23-11)16-13-7-5-4-6-12(13)8-9-14(16)21/h4-9,11,15,17,21H,10H2,1-3H3/t11-,15+,17+,19-/m0/s1. The van der Waals surface area contributed by atoms with Crippen molar-refractivity contribution in [2.75, 3.05) is 7.05 Å². The van der Waals surface area contributed by atoms with Crippen LogP contribution in [-0.4, -0.2) is 40.9 Å². The molecule has 2 heterocycles. The fraction of sp³-hybridized carbons (Fsp3) is 0.421. The molecular weight excluding hydrogens is 306 g/mol. The lowest BCUT2D eigenvalue weighted by Gasteiger charge is -2.44. The molecule has 4 atom stereocenters. The number of carbonyl (C=O) groups is 1. The van der Waals surface area contributed by atoms with Gasteiger partial charge in [0, 0.05) is 19.0 Å². The van der Waals surface area contributed by atoms with Gasteiger partial charge < -0.3 is 19.5 Å². The van der Waals surface area contributed by atoms with Gasteiger partial charge in [-0.3, -0.25) is 0 Å². The zero-order valence-corrected chi connectivity index (χ0v) is 14.0. The second-order valence-electron chi connectivity index (χ2n) is 6.97. The van der Waals surface area contributed by atoms with Gasteiger partial charge in [0.25, 0.3) is 0 Å². The second-order valence-corrected chi connectivity index (χ2v) is 6.97. The van der Waals surface area contributed by atoms with E-state index < -0.39 is 5.54 Å². The number of aromatic hydroxyl groups is 1. The first-order valence-electron chi connectivity index (χ1n) is 8.22. The lowest BCUT2D eigenvalue weighted by atomic mass is 9.80. The quantitative estimate of drug-likeness (QED) is 0.869. The fourth-order valence-corrected chi connectivity index (χ4v) is 4.12. The Morgan fingerprint density at radius 3 is 2.79 bits per heavy atom. The van der Waals surface area contributed by atoms with E-state index in [4.69, 9.17) is 9.47 Å². The van der Waals surface area contributed by atoms with E-state index in [0.29, 0.717) is 6.42 Å². The molecule has 0 saturated carbocycles. The highest BCUT2D eigenvalue weighted by molar-refractivity contribution is 5.88. The summed E-state index contributed by atoms with van der Waals surface area (Å²) >= 11 is 0. The molecule has 0 aliphatic carbocycles. The maximum atomic E-state index is 12.0. The minimum absolute atomic E-state index is 0.223. The molecule has 2 aliphatic rings. The molecule has 4 rings (SSSR count). The summed E-state index contributed by atoms with van der Waals surface area (Å²) in [6, 6.07) is 11.5. The summed E-state index contributed by atoms with van der Waals surface area (Å²) < 4.78 is 11.7. The van der Waals surface area contributed by atoms with E-state index in [1.165, 1.54) is 0 Å². The first-order valence-corrected chi connectivity index (χ1v) is 8.22. The van der Waals surface area contributed by atoms with E-state index in [1.54, 1.807) is 18.0 Å². The third kappa shape index (κ3) is 2.01. The van der Waals surface area contributed by atoms with Gasteiger partial charge >= 0.3 is 6.09 Å². The van der Waals surface area contributed by atoms with Crippen molar-refractivity contribution in [1.82, 2.24) is 4.90 Å². The Hall–Kier alpha value is -2.27. The zero-order valence-electron chi connectivity index (χ0n) is 14.0. The van der Waals surface area contributed by atoms with Crippen molar-refractivity contribution in [1.29, 1.82) is 0 Å². The first kappa shape index (κ1) is 15.3. The zero-order chi connectivity index (χ0) is 17.1. The predicted molar refractivity (Wildman–Crippen MR) is 90.0 cm³/mol. The number of fused-ring (bicyclic) bond motifs is 2. The van der Waals surface area contributed by atoms with Crippen molar-refractivity contribution in [2.45, 2.75) is 44.1 Å². The molecule has 1 amide bonds. The van der Waals surface area contributed by atoms with Crippen LogP contribution in [-0.2, 0) is 9.47 Å². The minimum atomic E-state index is -0.456. The molecule has 0 bridgehead atoms. The largest absolute Gasteiger partial charge is 0.508 e. The Bertz CT molecular complexity index is 820. The summed E-state index contributed by atoms with van der Waals surface area (Å²) in [7, 11) is 1.76. The van der Waals surface area contributed by atoms with E-state index in [1.807, 2.05) is 44.2 Å². The number of phenolic OH excluding ortho intramolecular Hbond substituents is 1. The highest BCUT2D eigenvalue weighted by Gasteiger charge is 2.57. The number of phenols is 1. The molecule has 5 heteroatoms. The van der Waals surface area contributed by atoms with Crippen LogP contribution in [0, 0.1) is 0 Å². The molecule has 2 aliphatic heterocycles. The average molecular weight is 327 g/mol. The molecular formula is C19H21NO4. The summed E-state index contributed by atoms with van der Waals surface area (Å²) in [6.45, 7) is 3.94. The van der Waals surface area contributed by atoms with Crippen LogP contribution >= 0.6 is 0 Å². The van der Waals surface area contributed by atoms with Crippen molar-refractivity contribution >= 4 is 16.9 Å². The van der Waals surface area contributed by atoms with Crippen molar-refractivity contribution in [3.05, 3.63) is 42.0 Å². The number of rotatable bonds is 1. The number of hydrogen-bond donors (Lipinski definition) is 1. The number of nitrogens with zero attached hydrogens (tertiary/aromatic N) is 1. The molecule has 2 aromatic carbocycles. The second kappa shape index (κ2) is 5.11. The number of likely N-dealkylation sites (N-methyl/N-ethyl adjacent to an activating group) is 1. The number of ether oxygens (including phenoxy) is 2. The molecule has 126 valence electrons. The minimum Gasteiger partial charge on any atom is -0.508 e. The molecule has 5 nitrogen and oxygen atoms in total. The number of carbonyl (C=O) groups excluding carboxylic acids is 1. The molecule has 24 heavy (non-hydrogen) atoms. The fourth-order valence-electron chi connectivity index (χ4n) is 4.12. The Balaban J connectivity index is 1.82. The molecule has 2 fully saturated rings. The van der Waals surface area contributed by atoms with Gasteiger partial charge in [0.05, 0.1) is 17.7 Å². The van der Waals surface area contributed by atoms with Crippen LogP contribution < -0.4 is 0 Å². The monoisotopic (exact) mass is 327 g/mol. The predicted octanol–water partition coefficient (Wildman–Crippen LogP) is 3.60. The van der Waals surface area contributed by atoms with E-state index in [0.717, 1.165) is 16.3 Å². The maximum absolute atomic E-state index is 12.0. The topological polar surface area (TPSA) is 59.0 Å². The van der Waals surface area contributed by atoms with Crippen LogP contribution in [0.4, 0.5) is 4.79 Å². The van der Waals surface area contributed by atoms with Gasteiger partial charge in [0.15, 0.2) is 6.10 Å². The molecule has 1 N–H and O–H groups in total. The van der Waals surface area contributed by atoms with Gasteiger partial charge in [-0.05, 0) is 30.7 Å². The number of benzene rings is 2. The van der Waals surface area contributed by atoms with Crippen LogP contribution in [0.25, 0.3) is 10.8 Å². The summed E-state index contributed by atoms with van der Waals surface area (Å²) in [5.74, 6) is 0.223. The molecule has 2 saturated heterocycles. The van der Waals surface area contributed by atoms with Crippen LogP contribution in [0.1, 0.15) is 31.9 Å². The van der Waals surface area contributed by atoms with Crippen LogP contribution in [0.15, 0.2) is 36.4 Å². The van der Waals surface area contributed by atoms with Gasteiger partial charge in [-0.2, -0.15) is 0 Å². The Morgan fingerprint density at radius 2 is 2.00 bits per heavy atom. The molecule has 0 aromatic heterocycles. The number of hydrogen-bond acceptors (Lipinski definition) is 4. The summed E-state index contributed by atoms with van der Waals surface area (Å²) in [5, 5.41) is 12.5. The van der Waals surface area contributed by atoms with Crippen molar-refractivity contribution in [3.63, 3.8) is 0 Å². The Morgan fingerprint density at radius 1 is 1.25 bits per heavy atom. The lowest BCUT2D eigenvalue weighted by molar-refractivity contribution is -0.137. The molecule has 0 radical (unpaired) electrons. The van der Waals surface area contributed by atoms with Gasteiger partial charge in [-0.25, -0.2) is 4.79 Å². The van der Waals surface area contributed by atoms with Crippen LogP contribution in [0.2, 0.25) is 0 Å². The maximum Gasteiger partial charge on any atom is 0.410 e. The first-order chi connectivity index (χ1) is 11.4.